The number of pyridine rings is 1. The number of anilines is 3. The minimum atomic E-state index is -0.237. The largest absolute Gasteiger partial charge is 0.355 e. The first-order valence-electron chi connectivity index (χ1n) is 7.94. The molecule has 3 rings (SSSR count). The van der Waals surface area contributed by atoms with E-state index in [4.69, 9.17) is 0 Å². The molecule has 0 atom stereocenters. The van der Waals surface area contributed by atoms with Crippen LogP contribution in [0, 0.1) is 12.8 Å². The summed E-state index contributed by atoms with van der Waals surface area (Å²) in [5.74, 6) is 0.282. The number of nitrogens with one attached hydrogen (secondary N) is 3. The first-order chi connectivity index (χ1) is 11.6. The molecule has 1 aromatic heterocycles. The van der Waals surface area contributed by atoms with E-state index in [1.807, 2.05) is 31.2 Å². The molecule has 2 amide bonds. The third-order valence-electron chi connectivity index (χ3n) is 3.99. The molecule has 1 aliphatic rings. The fraction of sp³-hybridized carbons (Fsp3) is 0.278. The number of aromatic nitrogens is 1. The highest BCUT2D eigenvalue weighted by molar-refractivity contribution is 6.01. The number of aryl methyl sites for hydroxylation is 1. The SMILES string of the molecule is CNC(=O)c1cnc(NC(=O)C2CC2)cc1Nc1ccccc1C. The van der Waals surface area contributed by atoms with Gasteiger partial charge in [-0.25, -0.2) is 4.98 Å². The van der Waals surface area contributed by atoms with Gasteiger partial charge in [0.15, 0.2) is 0 Å². The fourth-order valence-electron chi connectivity index (χ4n) is 2.37. The molecule has 124 valence electrons. The number of amides is 2. The van der Waals surface area contributed by atoms with Crippen LogP contribution in [0.3, 0.4) is 0 Å². The molecular weight excluding hydrogens is 304 g/mol. The molecule has 1 aromatic carbocycles. The second-order valence-electron chi connectivity index (χ2n) is 5.90. The summed E-state index contributed by atoms with van der Waals surface area (Å²) < 4.78 is 0. The number of carbonyl (C=O) groups is 2. The third kappa shape index (κ3) is 3.53. The Kier molecular flexibility index (Phi) is 4.46. The molecule has 0 unspecified atom stereocenters. The van der Waals surface area contributed by atoms with E-state index in [2.05, 4.69) is 20.9 Å². The second kappa shape index (κ2) is 6.70. The van der Waals surface area contributed by atoms with E-state index in [-0.39, 0.29) is 17.7 Å². The highest BCUT2D eigenvalue weighted by atomic mass is 16.2. The van der Waals surface area contributed by atoms with Crippen LogP contribution in [0.5, 0.6) is 0 Å². The van der Waals surface area contributed by atoms with Gasteiger partial charge >= 0.3 is 0 Å². The molecule has 1 saturated carbocycles. The number of hydrogen-bond donors (Lipinski definition) is 3. The van der Waals surface area contributed by atoms with Crippen LogP contribution in [-0.4, -0.2) is 23.8 Å². The van der Waals surface area contributed by atoms with Crippen LogP contribution in [0.15, 0.2) is 36.5 Å². The lowest BCUT2D eigenvalue weighted by Gasteiger charge is -2.14. The third-order valence-corrected chi connectivity index (χ3v) is 3.99. The first kappa shape index (κ1) is 16.0. The minimum absolute atomic E-state index is 0.0166. The Morgan fingerprint density at radius 2 is 1.92 bits per heavy atom. The molecule has 0 radical (unpaired) electrons. The number of rotatable bonds is 5. The summed E-state index contributed by atoms with van der Waals surface area (Å²) in [5, 5.41) is 8.67. The van der Waals surface area contributed by atoms with Crippen LogP contribution >= 0.6 is 0 Å². The Morgan fingerprint density at radius 1 is 1.17 bits per heavy atom. The maximum Gasteiger partial charge on any atom is 0.254 e. The molecule has 0 spiro atoms. The van der Waals surface area contributed by atoms with E-state index >= 15 is 0 Å². The zero-order valence-corrected chi connectivity index (χ0v) is 13.7. The van der Waals surface area contributed by atoms with E-state index in [1.54, 1.807) is 13.1 Å². The summed E-state index contributed by atoms with van der Waals surface area (Å²) in [6.07, 6.45) is 3.33. The van der Waals surface area contributed by atoms with Crippen molar-refractivity contribution in [2.24, 2.45) is 5.92 Å². The van der Waals surface area contributed by atoms with Crippen molar-refractivity contribution in [3.8, 4) is 0 Å². The molecule has 2 aromatic rings. The van der Waals surface area contributed by atoms with Crippen LogP contribution in [0.4, 0.5) is 17.2 Å². The molecular formula is C18H20N4O2. The van der Waals surface area contributed by atoms with E-state index in [1.165, 1.54) is 6.20 Å². The lowest BCUT2D eigenvalue weighted by Crippen LogP contribution is -2.20. The highest BCUT2D eigenvalue weighted by Gasteiger charge is 2.30. The van der Waals surface area contributed by atoms with Gasteiger partial charge in [-0.2, -0.15) is 0 Å². The van der Waals surface area contributed by atoms with Crippen molar-refractivity contribution in [3.05, 3.63) is 47.7 Å². The second-order valence-corrected chi connectivity index (χ2v) is 5.90. The van der Waals surface area contributed by atoms with Crippen molar-refractivity contribution in [2.45, 2.75) is 19.8 Å². The number of nitrogens with zero attached hydrogens (tertiary/aromatic N) is 1. The van der Waals surface area contributed by atoms with Crippen LogP contribution in [-0.2, 0) is 4.79 Å². The van der Waals surface area contributed by atoms with Crippen molar-refractivity contribution >= 4 is 29.0 Å². The van der Waals surface area contributed by atoms with E-state index < -0.39 is 0 Å². The first-order valence-corrected chi connectivity index (χ1v) is 7.94. The molecule has 0 saturated heterocycles. The van der Waals surface area contributed by atoms with E-state index in [0.717, 1.165) is 24.1 Å². The topological polar surface area (TPSA) is 83.1 Å². The Labute approximate surface area is 140 Å². The van der Waals surface area contributed by atoms with Gasteiger partial charge in [0, 0.05) is 30.9 Å². The molecule has 6 nitrogen and oxygen atoms in total. The normalized spacial score (nSPS) is 13.2. The lowest BCUT2D eigenvalue weighted by atomic mass is 10.1. The van der Waals surface area contributed by atoms with E-state index in [0.29, 0.717) is 17.1 Å². The van der Waals surface area contributed by atoms with Gasteiger partial charge in [0.05, 0.1) is 11.3 Å². The van der Waals surface area contributed by atoms with Gasteiger partial charge in [-0.3, -0.25) is 9.59 Å². The Morgan fingerprint density at radius 3 is 2.58 bits per heavy atom. The Balaban J connectivity index is 1.91. The van der Waals surface area contributed by atoms with Crippen molar-refractivity contribution in [1.29, 1.82) is 0 Å². The van der Waals surface area contributed by atoms with Crippen molar-refractivity contribution in [3.63, 3.8) is 0 Å². The summed E-state index contributed by atoms with van der Waals surface area (Å²) in [7, 11) is 1.57. The minimum Gasteiger partial charge on any atom is -0.355 e. The van der Waals surface area contributed by atoms with Crippen LogP contribution < -0.4 is 16.0 Å². The molecule has 1 fully saturated rings. The molecule has 1 aliphatic carbocycles. The molecule has 6 heteroatoms. The summed E-state index contributed by atoms with van der Waals surface area (Å²) in [4.78, 5) is 28.2. The van der Waals surface area contributed by atoms with Gasteiger partial charge in [-0.1, -0.05) is 18.2 Å². The molecule has 1 heterocycles. The van der Waals surface area contributed by atoms with Gasteiger partial charge < -0.3 is 16.0 Å². The predicted octanol–water partition coefficient (Wildman–Crippen LogP) is 2.84. The van der Waals surface area contributed by atoms with Gasteiger partial charge in [-0.05, 0) is 31.4 Å². The summed E-state index contributed by atoms with van der Waals surface area (Å²) in [6, 6.07) is 9.49. The van der Waals surface area contributed by atoms with Crippen molar-refractivity contribution in [2.75, 3.05) is 17.7 Å². The quantitative estimate of drug-likeness (QED) is 0.790. The molecule has 0 aliphatic heterocycles. The Hall–Kier alpha value is -2.89. The maximum absolute atomic E-state index is 12.1. The number of hydrogen-bond acceptors (Lipinski definition) is 4. The summed E-state index contributed by atoms with van der Waals surface area (Å²) in [6.45, 7) is 1.98. The molecule has 3 N–H and O–H groups in total. The summed E-state index contributed by atoms with van der Waals surface area (Å²) >= 11 is 0. The zero-order valence-electron chi connectivity index (χ0n) is 13.7. The van der Waals surface area contributed by atoms with Gasteiger partial charge in [0.25, 0.3) is 5.91 Å². The van der Waals surface area contributed by atoms with Crippen LogP contribution in [0.25, 0.3) is 0 Å². The molecule has 0 bridgehead atoms. The monoisotopic (exact) mass is 324 g/mol. The average Bonchev–Trinajstić information content (AvgIpc) is 3.41. The highest BCUT2D eigenvalue weighted by Crippen LogP contribution is 2.31. The molecule has 24 heavy (non-hydrogen) atoms. The van der Waals surface area contributed by atoms with Gasteiger partial charge in [-0.15, -0.1) is 0 Å². The Bertz CT molecular complexity index is 784. The van der Waals surface area contributed by atoms with Gasteiger partial charge in [0.2, 0.25) is 5.91 Å². The fourth-order valence-corrected chi connectivity index (χ4v) is 2.37. The van der Waals surface area contributed by atoms with Crippen LogP contribution in [0.1, 0.15) is 28.8 Å². The van der Waals surface area contributed by atoms with Crippen molar-refractivity contribution < 1.29 is 9.59 Å². The smallest absolute Gasteiger partial charge is 0.254 e. The lowest BCUT2D eigenvalue weighted by molar-refractivity contribution is -0.117. The van der Waals surface area contributed by atoms with E-state index in [9.17, 15) is 9.59 Å². The maximum atomic E-state index is 12.1. The predicted molar refractivity (Wildman–Crippen MR) is 93.4 cm³/mol. The van der Waals surface area contributed by atoms with Crippen molar-refractivity contribution in [1.82, 2.24) is 10.3 Å². The number of carbonyl (C=O) groups excluding carboxylic acids is 2. The summed E-state index contributed by atoms with van der Waals surface area (Å²) in [5.41, 5.74) is 2.98. The zero-order chi connectivity index (χ0) is 17.1. The average molecular weight is 324 g/mol. The number of para-hydroxylation sites is 1. The number of benzene rings is 1. The van der Waals surface area contributed by atoms with Crippen LogP contribution in [0.2, 0.25) is 0 Å². The van der Waals surface area contributed by atoms with Gasteiger partial charge in [0.1, 0.15) is 5.82 Å². The standard InChI is InChI=1S/C18H20N4O2/c1-11-5-3-4-6-14(11)21-15-9-16(22-17(23)12-7-8-12)20-10-13(15)18(24)19-2/h3-6,9-10,12H,7-8H2,1-2H3,(H,19,24)(H2,20,21,22,23).